The molecule has 0 N–H and O–H groups in total. The molecule has 2 heterocycles. The van der Waals surface area contributed by atoms with Gasteiger partial charge in [0.05, 0.1) is 18.8 Å². The summed E-state index contributed by atoms with van der Waals surface area (Å²) in [6.07, 6.45) is 0.652. The number of hydrogen-bond donors (Lipinski definition) is 0. The number of halogens is 3. The molecule has 142 valence electrons. The van der Waals surface area contributed by atoms with Crippen LogP contribution in [-0.4, -0.2) is 30.3 Å². The van der Waals surface area contributed by atoms with E-state index in [1.807, 2.05) is 45.0 Å². The van der Waals surface area contributed by atoms with E-state index in [2.05, 4.69) is 27.7 Å². The molecular formula is C19H23F2IN2O2. The summed E-state index contributed by atoms with van der Waals surface area (Å²) in [5.74, 6) is -2.92. The summed E-state index contributed by atoms with van der Waals surface area (Å²) in [6, 6.07) is 7.62. The third-order valence-corrected chi connectivity index (χ3v) is 5.24. The van der Waals surface area contributed by atoms with Gasteiger partial charge in [-0.3, -0.25) is 0 Å². The Kier molecular flexibility index (Phi) is 5.58. The zero-order valence-electron chi connectivity index (χ0n) is 15.1. The van der Waals surface area contributed by atoms with Gasteiger partial charge in [0.1, 0.15) is 12.4 Å². The van der Waals surface area contributed by atoms with E-state index in [4.69, 9.17) is 9.26 Å². The zero-order valence-corrected chi connectivity index (χ0v) is 17.3. The fraction of sp³-hybridized carbons (Fsp3) is 0.526. The van der Waals surface area contributed by atoms with Crippen molar-refractivity contribution >= 4 is 28.3 Å². The summed E-state index contributed by atoms with van der Waals surface area (Å²) < 4.78 is 41.0. The average molecular weight is 476 g/mol. The fourth-order valence-electron chi connectivity index (χ4n) is 3.17. The molecule has 1 atom stereocenters. The molecule has 1 aliphatic rings. The van der Waals surface area contributed by atoms with Crippen molar-refractivity contribution in [3.8, 4) is 0 Å². The van der Waals surface area contributed by atoms with Crippen molar-refractivity contribution in [1.82, 2.24) is 5.16 Å². The largest absolute Gasteiger partial charge is 0.367 e. The average Bonchev–Trinajstić information content (AvgIpc) is 3.02. The quantitative estimate of drug-likeness (QED) is 0.582. The molecule has 1 aromatic heterocycles. The van der Waals surface area contributed by atoms with Crippen LogP contribution in [0.5, 0.6) is 0 Å². The molecule has 1 fully saturated rings. The maximum Gasteiger partial charge on any atom is 0.290 e. The summed E-state index contributed by atoms with van der Waals surface area (Å²) in [6.45, 7) is 6.29. The van der Waals surface area contributed by atoms with E-state index in [1.165, 1.54) is 6.26 Å². The standard InChI is InChI=1S/C19H23F2IN2O2/c1-18(2,3)17-13(11-26-23-17)10-25-16-8-9-24(12-19(16,20)21)15-6-4-14(22)5-7-15/h4-7,11,16H,8-10,12H2,1-3H3. The highest BCUT2D eigenvalue weighted by Crippen LogP contribution is 2.34. The summed E-state index contributed by atoms with van der Waals surface area (Å²) >= 11 is 2.20. The molecule has 0 spiro atoms. The van der Waals surface area contributed by atoms with E-state index < -0.39 is 12.0 Å². The van der Waals surface area contributed by atoms with Gasteiger partial charge in [-0.05, 0) is 53.3 Å². The third-order valence-electron chi connectivity index (χ3n) is 4.52. The van der Waals surface area contributed by atoms with Gasteiger partial charge in [0.25, 0.3) is 5.92 Å². The number of alkyl halides is 2. The van der Waals surface area contributed by atoms with Crippen molar-refractivity contribution in [2.45, 2.75) is 51.2 Å². The molecular weight excluding hydrogens is 453 g/mol. The molecule has 26 heavy (non-hydrogen) atoms. The van der Waals surface area contributed by atoms with E-state index in [0.29, 0.717) is 6.54 Å². The van der Waals surface area contributed by atoms with E-state index >= 15 is 0 Å². The van der Waals surface area contributed by atoms with Crippen molar-refractivity contribution < 1.29 is 18.0 Å². The second-order valence-corrected chi connectivity index (χ2v) is 8.93. The molecule has 0 aliphatic carbocycles. The molecule has 0 radical (unpaired) electrons. The first-order chi connectivity index (χ1) is 12.2. The first-order valence-electron chi connectivity index (χ1n) is 8.60. The Morgan fingerprint density at radius 1 is 1.31 bits per heavy atom. The van der Waals surface area contributed by atoms with Crippen LogP contribution in [0.25, 0.3) is 0 Å². The number of rotatable bonds is 4. The lowest BCUT2D eigenvalue weighted by Crippen LogP contribution is -2.52. The molecule has 2 aromatic rings. The number of aromatic nitrogens is 1. The predicted molar refractivity (Wildman–Crippen MR) is 105 cm³/mol. The lowest BCUT2D eigenvalue weighted by atomic mass is 9.90. The van der Waals surface area contributed by atoms with Gasteiger partial charge < -0.3 is 14.2 Å². The second kappa shape index (κ2) is 7.42. The molecule has 0 amide bonds. The Hall–Kier alpha value is -1.22. The van der Waals surface area contributed by atoms with Crippen LogP contribution in [-0.2, 0) is 16.8 Å². The highest BCUT2D eigenvalue weighted by Gasteiger charge is 2.45. The van der Waals surface area contributed by atoms with Gasteiger partial charge >= 0.3 is 0 Å². The first-order valence-corrected chi connectivity index (χ1v) is 9.68. The molecule has 1 aliphatic heterocycles. The Balaban J connectivity index is 1.64. The summed E-state index contributed by atoms with van der Waals surface area (Å²) in [5, 5.41) is 4.00. The molecule has 4 nitrogen and oxygen atoms in total. The van der Waals surface area contributed by atoms with Gasteiger partial charge in [-0.25, -0.2) is 8.78 Å². The van der Waals surface area contributed by atoms with E-state index in [1.54, 1.807) is 4.90 Å². The zero-order chi connectivity index (χ0) is 18.9. The van der Waals surface area contributed by atoms with Crippen LogP contribution in [0, 0.1) is 3.57 Å². The monoisotopic (exact) mass is 476 g/mol. The first kappa shape index (κ1) is 19.5. The fourth-order valence-corrected chi connectivity index (χ4v) is 3.53. The SMILES string of the molecule is CC(C)(C)c1nocc1COC1CCN(c2ccc(I)cc2)CC1(F)F. The van der Waals surface area contributed by atoms with E-state index in [0.717, 1.165) is 20.5 Å². The minimum Gasteiger partial charge on any atom is -0.367 e. The maximum absolute atomic E-state index is 14.6. The van der Waals surface area contributed by atoms with Gasteiger partial charge in [-0.1, -0.05) is 25.9 Å². The van der Waals surface area contributed by atoms with Crippen LogP contribution in [0.15, 0.2) is 35.1 Å². The molecule has 3 rings (SSSR count). The number of hydrogen-bond acceptors (Lipinski definition) is 4. The van der Waals surface area contributed by atoms with E-state index in [-0.39, 0.29) is 25.0 Å². The highest BCUT2D eigenvalue weighted by atomic mass is 127. The Bertz CT molecular complexity index is 741. The Labute approximate surface area is 166 Å². The predicted octanol–water partition coefficient (Wildman–Crippen LogP) is 5.01. The number of anilines is 1. The lowest BCUT2D eigenvalue weighted by molar-refractivity contribution is -0.148. The van der Waals surface area contributed by atoms with Crippen molar-refractivity contribution in [2.75, 3.05) is 18.0 Å². The number of ether oxygens (including phenoxy) is 1. The van der Waals surface area contributed by atoms with Gasteiger partial charge in [-0.15, -0.1) is 0 Å². The maximum atomic E-state index is 14.6. The highest BCUT2D eigenvalue weighted by molar-refractivity contribution is 14.1. The van der Waals surface area contributed by atoms with Crippen LogP contribution in [0.2, 0.25) is 0 Å². The van der Waals surface area contributed by atoms with Crippen molar-refractivity contribution in [3.05, 3.63) is 45.4 Å². The summed E-state index contributed by atoms with van der Waals surface area (Å²) in [7, 11) is 0. The van der Waals surface area contributed by atoms with Gasteiger partial charge in [0, 0.05) is 26.8 Å². The van der Waals surface area contributed by atoms with Crippen molar-refractivity contribution in [2.24, 2.45) is 0 Å². The summed E-state index contributed by atoms with van der Waals surface area (Å²) in [5.41, 5.74) is 2.07. The van der Waals surface area contributed by atoms with Crippen molar-refractivity contribution in [3.63, 3.8) is 0 Å². The van der Waals surface area contributed by atoms with Crippen LogP contribution in [0.1, 0.15) is 38.4 Å². The van der Waals surface area contributed by atoms with Gasteiger partial charge in [0.2, 0.25) is 0 Å². The minimum absolute atomic E-state index is 0.0832. The minimum atomic E-state index is -2.92. The number of nitrogens with zero attached hydrogens (tertiary/aromatic N) is 2. The van der Waals surface area contributed by atoms with Crippen LogP contribution >= 0.6 is 22.6 Å². The molecule has 7 heteroatoms. The van der Waals surface area contributed by atoms with Gasteiger partial charge in [-0.2, -0.15) is 0 Å². The second-order valence-electron chi connectivity index (χ2n) is 7.69. The Morgan fingerprint density at radius 2 is 2.00 bits per heavy atom. The summed E-state index contributed by atoms with van der Waals surface area (Å²) in [4.78, 5) is 1.72. The van der Waals surface area contributed by atoms with Crippen LogP contribution in [0.3, 0.4) is 0 Å². The molecule has 0 saturated carbocycles. The number of benzene rings is 1. The van der Waals surface area contributed by atoms with Crippen LogP contribution in [0.4, 0.5) is 14.5 Å². The molecule has 1 unspecified atom stereocenters. The molecule has 1 saturated heterocycles. The van der Waals surface area contributed by atoms with Crippen LogP contribution < -0.4 is 4.90 Å². The number of piperidine rings is 1. The topological polar surface area (TPSA) is 38.5 Å². The Morgan fingerprint density at radius 3 is 2.62 bits per heavy atom. The van der Waals surface area contributed by atoms with Gasteiger partial charge in [0.15, 0.2) is 0 Å². The molecule has 0 bridgehead atoms. The van der Waals surface area contributed by atoms with E-state index in [9.17, 15) is 8.78 Å². The van der Waals surface area contributed by atoms with Crippen molar-refractivity contribution in [1.29, 1.82) is 0 Å². The third kappa shape index (κ3) is 4.36. The lowest BCUT2D eigenvalue weighted by Gasteiger charge is -2.39. The normalized spacial score (nSPS) is 20.4. The smallest absolute Gasteiger partial charge is 0.290 e. The molecule has 1 aromatic carbocycles.